The largest absolute Gasteiger partial charge is 0.480 e. The van der Waals surface area contributed by atoms with E-state index in [2.05, 4.69) is 34.9 Å². The fraction of sp³-hybridized carbons (Fsp3) is 0.444. The number of aliphatic carboxylic acids is 1. The zero-order valence-electron chi connectivity index (χ0n) is 19.4. The number of nitrogens with one attached hydrogen (secondary N) is 2. The molecule has 1 aliphatic heterocycles. The molecule has 0 spiro atoms. The van der Waals surface area contributed by atoms with Crippen LogP contribution in [-0.4, -0.2) is 55.0 Å². The molecule has 2 aromatic carbocycles. The Balaban J connectivity index is 1.13. The predicted molar refractivity (Wildman–Crippen MR) is 128 cm³/mol. The minimum atomic E-state index is -1.03. The highest BCUT2D eigenvalue weighted by Gasteiger charge is 2.38. The Hall–Kier alpha value is -3.39. The number of carboxylic acids is 1. The second-order valence-corrected chi connectivity index (χ2v) is 9.63. The highest BCUT2D eigenvalue weighted by Crippen LogP contribution is 2.44. The molecule has 1 heterocycles. The van der Waals surface area contributed by atoms with Gasteiger partial charge in [-0.1, -0.05) is 61.4 Å². The molecule has 8 heteroatoms. The molecule has 8 nitrogen and oxygen atoms in total. The maximum atomic E-state index is 12.7. The van der Waals surface area contributed by atoms with Crippen LogP contribution >= 0.6 is 0 Å². The van der Waals surface area contributed by atoms with E-state index in [9.17, 15) is 19.5 Å². The molecule has 3 atom stereocenters. The maximum absolute atomic E-state index is 12.7. The van der Waals surface area contributed by atoms with Gasteiger partial charge in [-0.25, -0.2) is 9.59 Å². The average Bonchev–Trinajstić information content (AvgIpc) is 3.45. The van der Waals surface area contributed by atoms with Crippen molar-refractivity contribution in [3.63, 3.8) is 0 Å². The lowest BCUT2D eigenvalue weighted by atomic mass is 9.98. The molecule has 0 radical (unpaired) electrons. The molecule has 3 aliphatic rings. The van der Waals surface area contributed by atoms with E-state index >= 15 is 0 Å². The Morgan fingerprint density at radius 3 is 2.29 bits per heavy atom. The lowest BCUT2D eigenvalue weighted by Gasteiger charge is -2.21. The average molecular weight is 479 g/mol. The van der Waals surface area contributed by atoms with E-state index in [1.807, 2.05) is 24.3 Å². The van der Waals surface area contributed by atoms with Crippen molar-refractivity contribution in [2.75, 3.05) is 19.8 Å². The second-order valence-electron chi connectivity index (χ2n) is 9.63. The van der Waals surface area contributed by atoms with Crippen LogP contribution in [0.2, 0.25) is 0 Å². The van der Waals surface area contributed by atoms with Gasteiger partial charge in [0.05, 0.1) is 0 Å². The molecule has 35 heavy (non-hydrogen) atoms. The van der Waals surface area contributed by atoms with E-state index in [0.717, 1.165) is 35.1 Å². The smallest absolute Gasteiger partial charge is 0.407 e. The van der Waals surface area contributed by atoms with Crippen molar-refractivity contribution in [2.24, 2.45) is 11.8 Å². The van der Waals surface area contributed by atoms with Gasteiger partial charge < -0.3 is 25.2 Å². The molecule has 5 rings (SSSR count). The number of carboxylic acid groups (broad SMARTS) is 1. The van der Waals surface area contributed by atoms with E-state index in [0.29, 0.717) is 25.4 Å². The second kappa shape index (κ2) is 10.1. The SMILES string of the molecule is O=C(NCC1CCOC1C(=O)NC(CC1CC1)C(=O)O)OCC1c2ccccc2-c2ccccc21. The first-order valence-corrected chi connectivity index (χ1v) is 12.2. The van der Waals surface area contributed by atoms with Gasteiger partial charge in [0.2, 0.25) is 5.91 Å². The van der Waals surface area contributed by atoms with Gasteiger partial charge >= 0.3 is 12.1 Å². The number of carbonyl (C=O) groups excluding carboxylic acids is 2. The quantitative estimate of drug-likeness (QED) is 0.510. The molecular weight excluding hydrogens is 448 g/mol. The van der Waals surface area contributed by atoms with Gasteiger partial charge in [0.1, 0.15) is 18.8 Å². The lowest BCUT2D eigenvalue weighted by molar-refractivity contribution is -0.144. The van der Waals surface area contributed by atoms with Gasteiger partial charge in [-0.05, 0) is 41.0 Å². The third kappa shape index (κ3) is 5.17. The van der Waals surface area contributed by atoms with Gasteiger partial charge in [-0.15, -0.1) is 0 Å². The molecule has 2 amide bonds. The van der Waals surface area contributed by atoms with E-state index in [-0.39, 0.29) is 25.0 Å². The summed E-state index contributed by atoms with van der Waals surface area (Å²) in [6, 6.07) is 15.4. The number of fused-ring (bicyclic) bond motifs is 3. The Labute approximate surface area is 204 Å². The highest BCUT2D eigenvalue weighted by molar-refractivity contribution is 5.87. The van der Waals surface area contributed by atoms with Gasteiger partial charge in [0, 0.05) is 25.0 Å². The number of rotatable bonds is 9. The number of ether oxygens (including phenoxy) is 2. The lowest BCUT2D eigenvalue weighted by Crippen LogP contribution is -2.48. The summed E-state index contributed by atoms with van der Waals surface area (Å²) in [6.07, 6.45) is 1.72. The van der Waals surface area contributed by atoms with Crippen LogP contribution in [0.3, 0.4) is 0 Å². The van der Waals surface area contributed by atoms with Gasteiger partial charge in [-0.2, -0.15) is 0 Å². The minimum absolute atomic E-state index is 0.0269. The zero-order valence-corrected chi connectivity index (χ0v) is 19.4. The highest BCUT2D eigenvalue weighted by atomic mass is 16.5. The topological polar surface area (TPSA) is 114 Å². The molecule has 184 valence electrons. The fourth-order valence-corrected chi connectivity index (χ4v) is 5.16. The van der Waals surface area contributed by atoms with E-state index < -0.39 is 30.1 Å². The van der Waals surface area contributed by atoms with Crippen molar-refractivity contribution < 1.29 is 29.0 Å². The van der Waals surface area contributed by atoms with Crippen molar-refractivity contribution in [1.29, 1.82) is 0 Å². The Bertz CT molecular complexity index is 1070. The number of benzene rings is 2. The Kier molecular flexibility index (Phi) is 6.72. The molecule has 2 fully saturated rings. The van der Waals surface area contributed by atoms with Crippen molar-refractivity contribution >= 4 is 18.0 Å². The third-order valence-electron chi connectivity index (χ3n) is 7.21. The van der Waals surface area contributed by atoms with Crippen LogP contribution in [0.5, 0.6) is 0 Å². The van der Waals surface area contributed by atoms with Gasteiger partial charge in [-0.3, -0.25) is 4.79 Å². The van der Waals surface area contributed by atoms with Crippen LogP contribution in [0, 0.1) is 11.8 Å². The monoisotopic (exact) mass is 478 g/mol. The molecule has 3 unspecified atom stereocenters. The van der Waals surface area contributed by atoms with Crippen LogP contribution in [0.15, 0.2) is 48.5 Å². The first-order valence-electron chi connectivity index (χ1n) is 12.2. The summed E-state index contributed by atoms with van der Waals surface area (Å²) >= 11 is 0. The molecular formula is C27H30N2O6. The number of hydrogen-bond donors (Lipinski definition) is 3. The van der Waals surface area contributed by atoms with Crippen molar-refractivity contribution in [1.82, 2.24) is 10.6 Å². The summed E-state index contributed by atoms with van der Waals surface area (Å²) in [5, 5.41) is 14.8. The van der Waals surface area contributed by atoms with Crippen LogP contribution in [0.25, 0.3) is 11.1 Å². The van der Waals surface area contributed by atoms with E-state index in [1.165, 1.54) is 0 Å². The number of alkyl carbamates (subject to hydrolysis) is 1. The minimum Gasteiger partial charge on any atom is -0.480 e. The van der Waals surface area contributed by atoms with Crippen molar-refractivity contribution in [3.8, 4) is 11.1 Å². The molecule has 1 saturated heterocycles. The first-order chi connectivity index (χ1) is 17.0. The number of hydrogen-bond acceptors (Lipinski definition) is 5. The molecule has 2 aromatic rings. The third-order valence-corrected chi connectivity index (χ3v) is 7.21. The Morgan fingerprint density at radius 1 is 1.00 bits per heavy atom. The van der Waals surface area contributed by atoms with Crippen LogP contribution in [0.1, 0.15) is 42.7 Å². The summed E-state index contributed by atoms with van der Waals surface area (Å²) in [4.78, 5) is 36.7. The molecule has 0 bridgehead atoms. The predicted octanol–water partition coefficient (Wildman–Crippen LogP) is 3.30. The molecule has 3 N–H and O–H groups in total. The van der Waals surface area contributed by atoms with Crippen LogP contribution in [-0.2, 0) is 19.1 Å². The van der Waals surface area contributed by atoms with Crippen molar-refractivity contribution in [2.45, 2.75) is 43.7 Å². The summed E-state index contributed by atoms with van der Waals surface area (Å²) in [6.45, 7) is 0.816. The Morgan fingerprint density at radius 2 is 1.66 bits per heavy atom. The van der Waals surface area contributed by atoms with Gasteiger partial charge in [0.25, 0.3) is 0 Å². The van der Waals surface area contributed by atoms with Crippen LogP contribution < -0.4 is 10.6 Å². The first kappa shape index (κ1) is 23.4. The summed E-state index contributed by atoms with van der Waals surface area (Å²) < 4.78 is 11.2. The van der Waals surface area contributed by atoms with E-state index in [1.54, 1.807) is 0 Å². The maximum Gasteiger partial charge on any atom is 0.407 e. The fourth-order valence-electron chi connectivity index (χ4n) is 5.16. The zero-order chi connectivity index (χ0) is 24.4. The van der Waals surface area contributed by atoms with E-state index in [4.69, 9.17) is 9.47 Å². The summed E-state index contributed by atoms with van der Waals surface area (Å²) in [5.74, 6) is -1.37. The molecule has 1 saturated carbocycles. The number of carbonyl (C=O) groups is 3. The van der Waals surface area contributed by atoms with Gasteiger partial charge in [0.15, 0.2) is 0 Å². The normalized spacial score (nSPS) is 21.6. The molecule has 0 aromatic heterocycles. The summed E-state index contributed by atoms with van der Waals surface area (Å²) in [7, 11) is 0. The van der Waals surface area contributed by atoms with Crippen LogP contribution in [0.4, 0.5) is 4.79 Å². The molecule has 2 aliphatic carbocycles. The number of amides is 2. The standard InChI is InChI=1S/C27H30N2O6/c30-25(29-23(26(31)32)13-16-9-10-16)24-17(11-12-34-24)14-28-27(33)35-15-22-20-7-3-1-5-18(20)19-6-2-4-8-21(19)22/h1-8,16-17,22-24H,9-15H2,(H,28,33)(H,29,30)(H,31,32). The van der Waals surface area contributed by atoms with Crippen molar-refractivity contribution in [3.05, 3.63) is 59.7 Å². The summed E-state index contributed by atoms with van der Waals surface area (Å²) in [5.41, 5.74) is 4.61.